The van der Waals surface area contributed by atoms with Crippen LogP contribution in [0.2, 0.25) is 0 Å². The number of hydrogen-bond donors (Lipinski definition) is 4. The van der Waals surface area contributed by atoms with Gasteiger partial charge in [0.1, 0.15) is 72.8 Å². The van der Waals surface area contributed by atoms with Crippen molar-refractivity contribution in [3.63, 3.8) is 0 Å². The molecule has 10 heteroatoms. The van der Waals surface area contributed by atoms with Crippen LogP contribution in [0.15, 0.2) is 121 Å². The van der Waals surface area contributed by atoms with E-state index in [4.69, 9.17) is 18.9 Å². The molecule has 10 nitrogen and oxygen atoms in total. The zero-order valence-corrected chi connectivity index (χ0v) is 27.5. The molecule has 0 fully saturated rings. The lowest BCUT2D eigenvalue weighted by Crippen LogP contribution is -2.25. The van der Waals surface area contributed by atoms with Gasteiger partial charge in [0.15, 0.2) is 0 Å². The van der Waals surface area contributed by atoms with E-state index in [-0.39, 0.29) is 49.1 Å². The minimum absolute atomic E-state index is 0.0228. The first-order chi connectivity index (χ1) is 24.7. The average Bonchev–Trinajstić information content (AvgIpc) is 3.14. The number of benzene rings is 6. The smallest absolute Gasteiger partial charge is 0.342 e. The molecule has 4 N–H and O–H groups in total. The maximum Gasteiger partial charge on any atom is 0.342 e. The number of hydrogen-bond acceptors (Lipinski definition) is 10. The zero-order valence-electron chi connectivity index (χ0n) is 27.5. The van der Waals surface area contributed by atoms with E-state index in [1.165, 1.54) is 12.1 Å². The predicted molar refractivity (Wildman–Crippen MR) is 190 cm³/mol. The van der Waals surface area contributed by atoms with Crippen molar-refractivity contribution in [1.82, 2.24) is 0 Å². The normalized spacial score (nSPS) is 12.3. The SMILES string of the molecule is O=C(OCC(O)COc1ccc(Cc2ccc(OCC(O)COC(=O)c3cc4ccccc4cc3O)cc2)cc1)c1cc2ccccc2cc1O. The van der Waals surface area contributed by atoms with Gasteiger partial charge in [0, 0.05) is 0 Å². The maximum atomic E-state index is 12.5. The first-order valence-electron chi connectivity index (χ1n) is 16.3. The number of aliphatic hydroxyl groups excluding tert-OH is 2. The molecule has 0 spiro atoms. The van der Waals surface area contributed by atoms with Crippen molar-refractivity contribution in [2.45, 2.75) is 18.6 Å². The molecule has 0 aliphatic rings. The number of phenolic OH excluding ortho intramolecular Hbond substituents is 2. The second kappa shape index (κ2) is 16.1. The molecule has 2 atom stereocenters. The van der Waals surface area contributed by atoms with Gasteiger partial charge in [-0.3, -0.25) is 0 Å². The number of esters is 2. The fourth-order valence-electron chi connectivity index (χ4n) is 5.41. The Morgan fingerprint density at radius 1 is 0.490 bits per heavy atom. The van der Waals surface area contributed by atoms with Crippen molar-refractivity contribution in [3.05, 3.63) is 144 Å². The van der Waals surface area contributed by atoms with Crippen LogP contribution in [-0.2, 0) is 15.9 Å². The van der Waals surface area contributed by atoms with Gasteiger partial charge in [0.2, 0.25) is 0 Å². The summed E-state index contributed by atoms with van der Waals surface area (Å²) >= 11 is 0. The molecule has 51 heavy (non-hydrogen) atoms. The summed E-state index contributed by atoms with van der Waals surface area (Å²) in [5.41, 5.74) is 2.09. The van der Waals surface area contributed by atoms with E-state index in [1.54, 1.807) is 36.4 Å². The molecule has 6 rings (SSSR count). The first-order valence-corrected chi connectivity index (χ1v) is 16.3. The van der Waals surface area contributed by atoms with Crippen LogP contribution in [0, 0.1) is 0 Å². The van der Waals surface area contributed by atoms with Crippen LogP contribution in [0.4, 0.5) is 0 Å². The summed E-state index contributed by atoms with van der Waals surface area (Å²) in [7, 11) is 0. The van der Waals surface area contributed by atoms with Crippen molar-refractivity contribution in [1.29, 1.82) is 0 Å². The summed E-state index contributed by atoms with van der Waals surface area (Å²) in [4.78, 5) is 25.0. The Morgan fingerprint density at radius 2 is 0.843 bits per heavy atom. The molecule has 6 aromatic rings. The minimum Gasteiger partial charge on any atom is -0.507 e. The molecular formula is C41H36O10. The molecule has 260 valence electrons. The lowest BCUT2D eigenvalue weighted by Gasteiger charge is -2.14. The quantitative estimate of drug-likeness (QED) is 0.0976. The number of fused-ring (bicyclic) bond motifs is 2. The van der Waals surface area contributed by atoms with Crippen molar-refractivity contribution >= 4 is 33.5 Å². The van der Waals surface area contributed by atoms with Crippen molar-refractivity contribution in [2.75, 3.05) is 26.4 Å². The van der Waals surface area contributed by atoms with Gasteiger partial charge < -0.3 is 39.4 Å². The van der Waals surface area contributed by atoms with Crippen LogP contribution in [0.25, 0.3) is 21.5 Å². The van der Waals surface area contributed by atoms with Gasteiger partial charge in [0.05, 0.1) is 0 Å². The second-order valence-corrected chi connectivity index (χ2v) is 12.0. The van der Waals surface area contributed by atoms with Crippen LogP contribution >= 0.6 is 0 Å². The molecular weight excluding hydrogens is 652 g/mol. The standard InChI is InChI=1S/C41H36O10/c42-32(24-50-40(46)36-18-28-5-1-3-7-30(28)20-38(36)44)22-48-34-13-9-26(10-14-34)17-27-11-15-35(16-12-27)49-23-33(43)25-51-41(47)37-19-29-6-2-4-8-31(29)21-39(37)45/h1-16,18-21,32-33,42-45H,17,22-25H2. The van der Waals surface area contributed by atoms with Crippen molar-refractivity contribution in [2.24, 2.45) is 0 Å². The van der Waals surface area contributed by atoms with Gasteiger partial charge in [-0.05, 0) is 87.6 Å². The lowest BCUT2D eigenvalue weighted by molar-refractivity contribution is 0.0125. The molecule has 0 bridgehead atoms. The first kappa shape index (κ1) is 34.8. The lowest BCUT2D eigenvalue weighted by atomic mass is 10.0. The molecule has 0 aliphatic carbocycles. The van der Waals surface area contributed by atoms with Gasteiger partial charge in [-0.2, -0.15) is 0 Å². The van der Waals surface area contributed by atoms with Crippen LogP contribution in [0.5, 0.6) is 23.0 Å². The second-order valence-electron chi connectivity index (χ2n) is 12.0. The van der Waals surface area contributed by atoms with E-state index in [0.717, 1.165) is 32.7 Å². The number of ether oxygens (including phenoxy) is 4. The van der Waals surface area contributed by atoms with Crippen LogP contribution in [-0.4, -0.2) is 71.0 Å². The van der Waals surface area contributed by atoms with E-state index in [2.05, 4.69) is 0 Å². The summed E-state index contributed by atoms with van der Waals surface area (Å²) in [5.74, 6) is -0.781. The third kappa shape index (κ3) is 9.13. The highest BCUT2D eigenvalue weighted by Crippen LogP contribution is 2.27. The highest BCUT2D eigenvalue weighted by molar-refractivity contribution is 5.99. The van der Waals surface area contributed by atoms with E-state index in [9.17, 15) is 30.0 Å². The molecule has 0 aliphatic heterocycles. The van der Waals surface area contributed by atoms with Gasteiger partial charge in [-0.1, -0.05) is 72.8 Å². The molecule has 2 unspecified atom stereocenters. The largest absolute Gasteiger partial charge is 0.507 e. The van der Waals surface area contributed by atoms with E-state index >= 15 is 0 Å². The molecule has 0 saturated carbocycles. The average molecular weight is 689 g/mol. The van der Waals surface area contributed by atoms with E-state index in [1.807, 2.05) is 72.8 Å². The van der Waals surface area contributed by atoms with Crippen molar-refractivity contribution in [3.8, 4) is 23.0 Å². The monoisotopic (exact) mass is 688 g/mol. The third-order valence-electron chi connectivity index (χ3n) is 8.12. The molecule has 0 aromatic heterocycles. The number of phenols is 2. The highest BCUT2D eigenvalue weighted by Gasteiger charge is 2.18. The van der Waals surface area contributed by atoms with Gasteiger partial charge in [0.25, 0.3) is 0 Å². The zero-order chi connectivity index (χ0) is 35.7. The third-order valence-corrected chi connectivity index (χ3v) is 8.12. The Balaban J connectivity index is 0.900. The van der Waals surface area contributed by atoms with Crippen LogP contribution < -0.4 is 9.47 Å². The fourth-order valence-corrected chi connectivity index (χ4v) is 5.41. The van der Waals surface area contributed by atoms with E-state index < -0.39 is 24.1 Å². The summed E-state index contributed by atoms with van der Waals surface area (Å²) < 4.78 is 21.7. The molecule has 0 heterocycles. The van der Waals surface area contributed by atoms with E-state index in [0.29, 0.717) is 17.9 Å². The summed E-state index contributed by atoms with van der Waals surface area (Å²) in [5, 5.41) is 44.2. The number of rotatable bonds is 14. The van der Waals surface area contributed by atoms with Crippen LogP contribution in [0.1, 0.15) is 31.8 Å². The predicted octanol–water partition coefficient (Wildman–Crippen LogP) is 6.19. The summed E-state index contributed by atoms with van der Waals surface area (Å²) in [6, 6.07) is 35.5. The molecule has 0 radical (unpaired) electrons. The Bertz CT molecular complexity index is 1970. The number of aromatic hydroxyl groups is 2. The fraction of sp³-hybridized carbons (Fsp3) is 0.171. The molecule has 6 aromatic carbocycles. The number of carbonyl (C=O) groups excluding carboxylic acids is 2. The Morgan fingerprint density at radius 3 is 1.22 bits per heavy atom. The summed E-state index contributed by atoms with van der Waals surface area (Å²) in [6.07, 6.45) is -1.50. The van der Waals surface area contributed by atoms with Gasteiger partial charge >= 0.3 is 11.9 Å². The maximum absolute atomic E-state index is 12.5. The van der Waals surface area contributed by atoms with Crippen molar-refractivity contribution < 1.29 is 49.0 Å². The van der Waals surface area contributed by atoms with Gasteiger partial charge in [-0.25, -0.2) is 9.59 Å². The van der Waals surface area contributed by atoms with Gasteiger partial charge in [-0.15, -0.1) is 0 Å². The Labute approximate surface area is 293 Å². The number of carbonyl (C=O) groups is 2. The Kier molecular flexibility index (Phi) is 11.0. The topological polar surface area (TPSA) is 152 Å². The molecule has 0 amide bonds. The highest BCUT2D eigenvalue weighted by atomic mass is 16.6. The number of aliphatic hydroxyl groups is 2. The molecule has 0 saturated heterocycles. The van der Waals surface area contributed by atoms with Crippen LogP contribution in [0.3, 0.4) is 0 Å². The minimum atomic E-state index is -1.07. The summed E-state index contributed by atoms with van der Waals surface area (Å²) in [6.45, 7) is -0.786. The Hall–Kier alpha value is -6.10.